The fraction of sp³-hybridized carbons (Fsp3) is 0.238. The topological polar surface area (TPSA) is 113 Å². The minimum Gasteiger partial charge on any atom is -0.478 e. The summed E-state index contributed by atoms with van der Waals surface area (Å²) in [6.45, 7) is 0.807. The average molecular weight is 473 g/mol. The Hall–Kier alpha value is -3.04. The second-order valence-electron chi connectivity index (χ2n) is 7.07. The van der Waals surface area contributed by atoms with E-state index in [0.717, 1.165) is 17.7 Å². The standard InChI is InChI=1S/C21H17BrN2O6/c22-12-4-6-17(16(9-12)21(28)29)23-18(25)11-3-5-14-15(8-11)20(27)24(19(14)26)10-13-2-1-7-30-13/h3-6,8-9,13H,1-2,7,10H2,(H,23,25)(H,28,29). The van der Waals surface area contributed by atoms with Crippen LogP contribution in [0.4, 0.5) is 5.69 Å². The van der Waals surface area contributed by atoms with Crippen molar-refractivity contribution < 1.29 is 29.0 Å². The number of rotatable bonds is 5. The van der Waals surface area contributed by atoms with Gasteiger partial charge in [0.15, 0.2) is 0 Å². The zero-order chi connectivity index (χ0) is 21.4. The molecule has 1 unspecified atom stereocenters. The zero-order valence-corrected chi connectivity index (χ0v) is 17.3. The van der Waals surface area contributed by atoms with E-state index < -0.39 is 23.7 Å². The summed E-state index contributed by atoms with van der Waals surface area (Å²) >= 11 is 3.20. The van der Waals surface area contributed by atoms with Crippen LogP contribution in [0.5, 0.6) is 0 Å². The lowest BCUT2D eigenvalue weighted by Gasteiger charge is -2.17. The van der Waals surface area contributed by atoms with Crippen LogP contribution in [0.15, 0.2) is 40.9 Å². The number of carbonyl (C=O) groups excluding carboxylic acids is 3. The molecule has 9 heteroatoms. The van der Waals surface area contributed by atoms with Crippen molar-refractivity contribution >= 4 is 45.3 Å². The number of carboxylic acids is 1. The quantitative estimate of drug-likeness (QED) is 0.646. The van der Waals surface area contributed by atoms with Crippen LogP contribution in [0, 0.1) is 0 Å². The molecule has 0 saturated carbocycles. The first kappa shape index (κ1) is 20.2. The van der Waals surface area contributed by atoms with Crippen LogP contribution in [-0.4, -0.2) is 53.0 Å². The number of ether oxygens (including phenoxy) is 1. The third kappa shape index (κ3) is 3.73. The van der Waals surface area contributed by atoms with E-state index in [1.807, 2.05) is 0 Å². The Morgan fingerprint density at radius 1 is 1.13 bits per heavy atom. The van der Waals surface area contributed by atoms with Gasteiger partial charge in [-0.15, -0.1) is 0 Å². The SMILES string of the molecule is O=C(Nc1ccc(Br)cc1C(=O)O)c1ccc2c(c1)C(=O)N(CC1CCCO1)C2=O. The summed E-state index contributed by atoms with van der Waals surface area (Å²) in [5.41, 5.74) is 0.587. The lowest BCUT2D eigenvalue weighted by atomic mass is 10.0. The van der Waals surface area contributed by atoms with E-state index in [0.29, 0.717) is 11.1 Å². The normalized spacial score (nSPS) is 17.9. The molecule has 1 saturated heterocycles. The molecule has 8 nitrogen and oxygen atoms in total. The summed E-state index contributed by atoms with van der Waals surface area (Å²) in [5.74, 6) is -2.64. The van der Waals surface area contributed by atoms with E-state index in [9.17, 15) is 24.3 Å². The Morgan fingerprint density at radius 3 is 2.60 bits per heavy atom. The third-order valence-corrected chi connectivity index (χ3v) is 5.60. The monoisotopic (exact) mass is 472 g/mol. The summed E-state index contributed by atoms with van der Waals surface area (Å²) in [6, 6.07) is 8.70. The van der Waals surface area contributed by atoms with Crippen molar-refractivity contribution in [3.8, 4) is 0 Å². The zero-order valence-electron chi connectivity index (χ0n) is 15.7. The van der Waals surface area contributed by atoms with Gasteiger partial charge in [0.05, 0.1) is 35.0 Å². The van der Waals surface area contributed by atoms with Gasteiger partial charge in [0, 0.05) is 16.6 Å². The number of carboxylic acid groups (broad SMARTS) is 1. The number of carbonyl (C=O) groups is 4. The molecule has 154 valence electrons. The van der Waals surface area contributed by atoms with E-state index in [4.69, 9.17) is 4.74 Å². The predicted octanol–water partition coefficient (Wildman–Crippen LogP) is 3.17. The molecule has 2 aliphatic rings. The first-order chi connectivity index (χ1) is 14.3. The molecular formula is C21H17BrN2O6. The Labute approximate surface area is 179 Å². The highest BCUT2D eigenvalue weighted by Gasteiger charge is 2.38. The van der Waals surface area contributed by atoms with Crippen LogP contribution in [0.3, 0.4) is 0 Å². The number of amides is 3. The van der Waals surface area contributed by atoms with Crippen molar-refractivity contribution in [1.82, 2.24) is 4.90 Å². The Kier molecular flexibility index (Phi) is 5.40. The number of nitrogens with one attached hydrogen (secondary N) is 1. The van der Waals surface area contributed by atoms with Gasteiger partial charge < -0.3 is 15.2 Å². The number of fused-ring (bicyclic) bond motifs is 1. The Bertz CT molecular complexity index is 1080. The molecule has 0 bridgehead atoms. The van der Waals surface area contributed by atoms with Gasteiger partial charge in [0.1, 0.15) is 0 Å². The molecule has 1 atom stereocenters. The fourth-order valence-corrected chi connectivity index (χ4v) is 3.95. The molecule has 1 fully saturated rings. The number of halogens is 1. The van der Waals surface area contributed by atoms with Gasteiger partial charge in [-0.25, -0.2) is 4.79 Å². The van der Waals surface area contributed by atoms with E-state index in [-0.39, 0.29) is 40.6 Å². The molecule has 0 spiro atoms. The molecular weight excluding hydrogens is 456 g/mol. The van der Waals surface area contributed by atoms with Crippen LogP contribution < -0.4 is 5.32 Å². The van der Waals surface area contributed by atoms with Crippen LogP contribution in [-0.2, 0) is 4.74 Å². The van der Waals surface area contributed by atoms with Crippen LogP contribution in [0.1, 0.15) is 54.3 Å². The number of nitrogens with zero attached hydrogens (tertiary/aromatic N) is 1. The minimum atomic E-state index is -1.19. The second kappa shape index (κ2) is 8.00. The Balaban J connectivity index is 1.56. The van der Waals surface area contributed by atoms with Crippen molar-refractivity contribution in [3.05, 3.63) is 63.1 Å². The van der Waals surface area contributed by atoms with E-state index in [1.165, 1.54) is 30.3 Å². The van der Waals surface area contributed by atoms with E-state index >= 15 is 0 Å². The first-order valence-corrected chi connectivity index (χ1v) is 10.1. The van der Waals surface area contributed by atoms with Crippen LogP contribution >= 0.6 is 15.9 Å². The number of hydrogen-bond donors (Lipinski definition) is 2. The van der Waals surface area contributed by atoms with Crippen molar-refractivity contribution in [2.24, 2.45) is 0 Å². The fourth-order valence-electron chi connectivity index (χ4n) is 3.59. The van der Waals surface area contributed by atoms with Crippen LogP contribution in [0.25, 0.3) is 0 Å². The number of hydrogen-bond acceptors (Lipinski definition) is 5. The first-order valence-electron chi connectivity index (χ1n) is 9.31. The van der Waals surface area contributed by atoms with Crippen molar-refractivity contribution in [1.29, 1.82) is 0 Å². The summed E-state index contributed by atoms with van der Waals surface area (Å²) in [6.07, 6.45) is 1.52. The molecule has 2 heterocycles. The van der Waals surface area contributed by atoms with Crippen molar-refractivity contribution in [3.63, 3.8) is 0 Å². The molecule has 30 heavy (non-hydrogen) atoms. The summed E-state index contributed by atoms with van der Waals surface area (Å²) in [5, 5.41) is 11.9. The summed E-state index contributed by atoms with van der Waals surface area (Å²) < 4.78 is 6.08. The lowest BCUT2D eigenvalue weighted by molar-refractivity contribution is 0.0475. The minimum absolute atomic E-state index is 0.0760. The van der Waals surface area contributed by atoms with Gasteiger partial charge in [-0.05, 0) is 49.2 Å². The van der Waals surface area contributed by atoms with E-state index in [1.54, 1.807) is 6.07 Å². The molecule has 2 aromatic rings. The Morgan fingerprint density at radius 2 is 1.90 bits per heavy atom. The highest BCUT2D eigenvalue weighted by atomic mass is 79.9. The maximum Gasteiger partial charge on any atom is 0.337 e. The molecule has 2 aromatic carbocycles. The number of anilines is 1. The molecule has 2 aliphatic heterocycles. The van der Waals surface area contributed by atoms with Crippen molar-refractivity contribution in [2.75, 3.05) is 18.5 Å². The van der Waals surface area contributed by atoms with E-state index in [2.05, 4.69) is 21.2 Å². The van der Waals surface area contributed by atoms with Gasteiger partial charge >= 0.3 is 5.97 Å². The maximum atomic E-state index is 12.7. The largest absolute Gasteiger partial charge is 0.478 e. The van der Waals surface area contributed by atoms with Gasteiger partial charge in [-0.1, -0.05) is 15.9 Å². The molecule has 3 amide bonds. The average Bonchev–Trinajstić information content (AvgIpc) is 3.32. The van der Waals surface area contributed by atoms with Gasteiger partial charge in [0.25, 0.3) is 17.7 Å². The van der Waals surface area contributed by atoms with Crippen molar-refractivity contribution in [2.45, 2.75) is 18.9 Å². The molecule has 0 radical (unpaired) electrons. The predicted molar refractivity (Wildman–Crippen MR) is 110 cm³/mol. The second-order valence-corrected chi connectivity index (χ2v) is 7.98. The number of imide groups is 1. The number of benzene rings is 2. The van der Waals surface area contributed by atoms with Gasteiger partial charge in [-0.3, -0.25) is 19.3 Å². The highest BCUT2D eigenvalue weighted by molar-refractivity contribution is 9.10. The molecule has 0 aliphatic carbocycles. The lowest BCUT2D eigenvalue weighted by Crippen LogP contribution is -2.36. The molecule has 4 rings (SSSR count). The maximum absolute atomic E-state index is 12.7. The third-order valence-electron chi connectivity index (χ3n) is 5.10. The molecule has 2 N–H and O–H groups in total. The number of aromatic carboxylic acids is 1. The highest BCUT2D eigenvalue weighted by Crippen LogP contribution is 2.27. The smallest absolute Gasteiger partial charge is 0.337 e. The van der Waals surface area contributed by atoms with Crippen LogP contribution in [0.2, 0.25) is 0 Å². The summed E-state index contributed by atoms with van der Waals surface area (Å²) in [7, 11) is 0. The van der Waals surface area contributed by atoms with Gasteiger partial charge in [0.2, 0.25) is 0 Å². The van der Waals surface area contributed by atoms with Gasteiger partial charge in [-0.2, -0.15) is 0 Å². The molecule has 0 aromatic heterocycles. The summed E-state index contributed by atoms with van der Waals surface area (Å²) in [4.78, 5) is 50.6.